The van der Waals surface area contributed by atoms with Crippen LogP contribution in [-0.4, -0.2) is 39.2 Å². The molecule has 0 aliphatic carbocycles. The standard InChI is InChI=1S/C23H25N3O2S/c1-16-8-7-13-25(14-16)21(27)15-29-23-24-19-11-5-4-10-18(19)22(28)26(23)20-12-6-3-9-17(20)2/h3-6,9-12,16H,7-8,13-15H2,1-2H3. The van der Waals surface area contributed by atoms with Crippen molar-refractivity contribution >= 4 is 28.6 Å². The van der Waals surface area contributed by atoms with Gasteiger partial charge in [-0.1, -0.05) is 49.0 Å². The van der Waals surface area contributed by atoms with Crippen molar-refractivity contribution in [2.45, 2.75) is 31.8 Å². The molecule has 150 valence electrons. The third-order valence-corrected chi connectivity index (χ3v) is 6.36. The summed E-state index contributed by atoms with van der Waals surface area (Å²) in [6.45, 7) is 5.80. The van der Waals surface area contributed by atoms with Crippen LogP contribution in [0.15, 0.2) is 58.5 Å². The van der Waals surface area contributed by atoms with Crippen LogP contribution in [0.4, 0.5) is 0 Å². The molecule has 2 aromatic carbocycles. The molecule has 0 spiro atoms. The summed E-state index contributed by atoms with van der Waals surface area (Å²) in [5, 5.41) is 1.14. The molecule has 1 saturated heterocycles. The molecule has 1 fully saturated rings. The third-order valence-electron chi connectivity index (χ3n) is 5.44. The molecule has 4 rings (SSSR count). The zero-order valence-electron chi connectivity index (χ0n) is 16.8. The minimum atomic E-state index is -0.105. The molecule has 1 amide bonds. The smallest absolute Gasteiger partial charge is 0.266 e. The summed E-state index contributed by atoms with van der Waals surface area (Å²) in [6, 6.07) is 15.1. The van der Waals surface area contributed by atoms with E-state index in [1.165, 1.54) is 18.2 Å². The number of carbonyl (C=O) groups excluding carboxylic acids is 1. The molecule has 0 bridgehead atoms. The monoisotopic (exact) mass is 407 g/mol. The van der Waals surface area contributed by atoms with Crippen LogP contribution in [0.2, 0.25) is 0 Å². The van der Waals surface area contributed by atoms with E-state index < -0.39 is 0 Å². The van der Waals surface area contributed by atoms with E-state index in [-0.39, 0.29) is 17.2 Å². The number of para-hydroxylation sites is 2. The first-order valence-corrected chi connectivity index (χ1v) is 11.0. The number of thioether (sulfide) groups is 1. The number of aromatic nitrogens is 2. The van der Waals surface area contributed by atoms with Gasteiger partial charge in [-0.05, 0) is 49.4 Å². The van der Waals surface area contributed by atoms with Crippen LogP contribution in [0.25, 0.3) is 16.6 Å². The van der Waals surface area contributed by atoms with Crippen molar-refractivity contribution in [3.05, 3.63) is 64.4 Å². The summed E-state index contributed by atoms with van der Waals surface area (Å²) in [6.07, 6.45) is 2.23. The molecule has 29 heavy (non-hydrogen) atoms. The van der Waals surface area contributed by atoms with Gasteiger partial charge in [-0.25, -0.2) is 4.98 Å². The summed E-state index contributed by atoms with van der Waals surface area (Å²) in [5.74, 6) is 0.936. The van der Waals surface area contributed by atoms with E-state index in [0.29, 0.717) is 22.0 Å². The molecule has 5 nitrogen and oxygen atoms in total. The van der Waals surface area contributed by atoms with E-state index in [1.807, 2.05) is 54.3 Å². The summed E-state index contributed by atoms with van der Waals surface area (Å²) < 4.78 is 1.65. The van der Waals surface area contributed by atoms with E-state index in [9.17, 15) is 9.59 Å². The van der Waals surface area contributed by atoms with Gasteiger partial charge in [0.05, 0.1) is 22.3 Å². The number of aryl methyl sites for hydroxylation is 1. The van der Waals surface area contributed by atoms with Crippen LogP contribution in [0, 0.1) is 12.8 Å². The zero-order valence-corrected chi connectivity index (χ0v) is 17.6. The fourth-order valence-electron chi connectivity index (χ4n) is 3.87. The van der Waals surface area contributed by atoms with Gasteiger partial charge in [0.15, 0.2) is 5.16 Å². The molecular weight excluding hydrogens is 382 g/mol. The number of hydrogen-bond acceptors (Lipinski definition) is 4. The van der Waals surface area contributed by atoms with Crippen molar-refractivity contribution in [1.82, 2.24) is 14.5 Å². The molecule has 1 unspecified atom stereocenters. The molecule has 1 aliphatic rings. The molecular formula is C23H25N3O2S. The van der Waals surface area contributed by atoms with Crippen molar-refractivity contribution in [2.75, 3.05) is 18.8 Å². The summed E-state index contributed by atoms with van der Waals surface area (Å²) in [7, 11) is 0. The minimum absolute atomic E-state index is 0.105. The first-order chi connectivity index (χ1) is 14.0. The lowest BCUT2D eigenvalue weighted by Crippen LogP contribution is -2.40. The van der Waals surface area contributed by atoms with E-state index in [2.05, 4.69) is 6.92 Å². The van der Waals surface area contributed by atoms with Gasteiger partial charge < -0.3 is 4.90 Å². The molecule has 0 N–H and O–H groups in total. The van der Waals surface area contributed by atoms with Crippen LogP contribution in [0.5, 0.6) is 0 Å². The molecule has 1 aliphatic heterocycles. The summed E-state index contributed by atoms with van der Waals surface area (Å²) in [5.41, 5.74) is 2.34. The number of benzene rings is 2. The minimum Gasteiger partial charge on any atom is -0.342 e. The average molecular weight is 408 g/mol. The van der Waals surface area contributed by atoms with Gasteiger partial charge in [0.2, 0.25) is 5.91 Å². The zero-order chi connectivity index (χ0) is 20.4. The van der Waals surface area contributed by atoms with Crippen molar-refractivity contribution in [1.29, 1.82) is 0 Å². The van der Waals surface area contributed by atoms with Crippen LogP contribution >= 0.6 is 11.8 Å². The number of nitrogens with zero attached hydrogens (tertiary/aromatic N) is 3. The Labute approximate surface area is 174 Å². The average Bonchev–Trinajstić information content (AvgIpc) is 2.73. The predicted molar refractivity (Wildman–Crippen MR) is 118 cm³/mol. The fourth-order valence-corrected chi connectivity index (χ4v) is 4.78. The quantitative estimate of drug-likeness (QED) is 0.484. The number of likely N-dealkylation sites (tertiary alicyclic amines) is 1. The van der Waals surface area contributed by atoms with Gasteiger partial charge in [-0.2, -0.15) is 0 Å². The number of carbonyl (C=O) groups is 1. The lowest BCUT2D eigenvalue weighted by atomic mass is 10.0. The van der Waals surface area contributed by atoms with E-state index in [0.717, 1.165) is 30.8 Å². The Morgan fingerprint density at radius 2 is 1.93 bits per heavy atom. The number of amides is 1. The number of piperidine rings is 1. The van der Waals surface area contributed by atoms with Gasteiger partial charge in [-0.3, -0.25) is 14.2 Å². The highest BCUT2D eigenvalue weighted by Crippen LogP contribution is 2.24. The molecule has 0 radical (unpaired) electrons. The van der Waals surface area contributed by atoms with Crippen molar-refractivity contribution in [3.8, 4) is 5.69 Å². The Hall–Kier alpha value is -2.60. The van der Waals surface area contributed by atoms with Crippen LogP contribution in [0.3, 0.4) is 0 Å². The maximum atomic E-state index is 13.3. The Morgan fingerprint density at radius 3 is 2.72 bits per heavy atom. The number of rotatable bonds is 4. The Balaban J connectivity index is 1.71. The molecule has 1 atom stereocenters. The van der Waals surface area contributed by atoms with E-state index in [1.54, 1.807) is 10.6 Å². The largest absolute Gasteiger partial charge is 0.342 e. The molecule has 2 heterocycles. The van der Waals surface area contributed by atoms with E-state index >= 15 is 0 Å². The van der Waals surface area contributed by atoms with Gasteiger partial charge >= 0.3 is 0 Å². The van der Waals surface area contributed by atoms with Crippen molar-refractivity contribution in [2.24, 2.45) is 5.92 Å². The lowest BCUT2D eigenvalue weighted by molar-refractivity contribution is -0.130. The third kappa shape index (κ3) is 4.08. The first-order valence-electron chi connectivity index (χ1n) is 10.0. The highest BCUT2D eigenvalue weighted by atomic mass is 32.2. The van der Waals surface area contributed by atoms with Gasteiger partial charge in [-0.15, -0.1) is 0 Å². The fraction of sp³-hybridized carbons (Fsp3) is 0.348. The second-order valence-electron chi connectivity index (χ2n) is 7.71. The topological polar surface area (TPSA) is 55.2 Å². The molecule has 6 heteroatoms. The second-order valence-corrected chi connectivity index (χ2v) is 8.66. The molecule has 3 aromatic rings. The Kier molecular flexibility index (Phi) is 5.72. The van der Waals surface area contributed by atoms with Crippen LogP contribution in [0.1, 0.15) is 25.3 Å². The Bertz CT molecular complexity index is 1110. The number of hydrogen-bond donors (Lipinski definition) is 0. The van der Waals surface area contributed by atoms with Gasteiger partial charge in [0.25, 0.3) is 5.56 Å². The first kappa shape index (κ1) is 19.7. The molecule has 1 aromatic heterocycles. The maximum absolute atomic E-state index is 13.3. The summed E-state index contributed by atoms with van der Waals surface area (Å²) >= 11 is 1.34. The van der Waals surface area contributed by atoms with Gasteiger partial charge in [0.1, 0.15) is 0 Å². The Morgan fingerprint density at radius 1 is 1.17 bits per heavy atom. The van der Waals surface area contributed by atoms with Crippen molar-refractivity contribution in [3.63, 3.8) is 0 Å². The van der Waals surface area contributed by atoms with Crippen LogP contribution < -0.4 is 5.56 Å². The number of fused-ring (bicyclic) bond motifs is 1. The lowest BCUT2D eigenvalue weighted by Gasteiger charge is -2.30. The maximum Gasteiger partial charge on any atom is 0.266 e. The van der Waals surface area contributed by atoms with Crippen molar-refractivity contribution < 1.29 is 4.79 Å². The second kappa shape index (κ2) is 8.41. The van der Waals surface area contributed by atoms with E-state index in [4.69, 9.17) is 4.98 Å². The highest BCUT2D eigenvalue weighted by Gasteiger charge is 2.22. The SMILES string of the molecule is Cc1ccccc1-n1c(SCC(=O)N2CCCC(C)C2)nc2ccccc2c1=O. The highest BCUT2D eigenvalue weighted by molar-refractivity contribution is 7.99. The molecule has 0 saturated carbocycles. The predicted octanol–water partition coefficient (Wildman–Crippen LogP) is 4.04. The van der Waals surface area contributed by atoms with Crippen LogP contribution in [-0.2, 0) is 4.79 Å². The normalized spacial score (nSPS) is 16.9. The summed E-state index contributed by atoms with van der Waals surface area (Å²) in [4.78, 5) is 32.8. The van der Waals surface area contributed by atoms with Gasteiger partial charge in [0, 0.05) is 13.1 Å².